The molecule has 2 aliphatic carbocycles. The van der Waals surface area contributed by atoms with Crippen molar-refractivity contribution in [3.8, 4) is 0 Å². The highest BCUT2D eigenvalue weighted by molar-refractivity contribution is 5.81. The van der Waals surface area contributed by atoms with Gasteiger partial charge < -0.3 is 10.2 Å². The van der Waals surface area contributed by atoms with Crippen molar-refractivity contribution in [3.05, 3.63) is 0 Å². The molecule has 0 radical (unpaired) electrons. The molecule has 112 valence electrons. The van der Waals surface area contributed by atoms with Crippen LogP contribution in [0.4, 0.5) is 0 Å². The van der Waals surface area contributed by atoms with Crippen LogP contribution >= 0.6 is 0 Å². The van der Waals surface area contributed by atoms with Crippen molar-refractivity contribution < 1.29 is 9.59 Å². The van der Waals surface area contributed by atoms with E-state index in [1.165, 1.54) is 19.3 Å². The molecule has 0 unspecified atom stereocenters. The van der Waals surface area contributed by atoms with Crippen molar-refractivity contribution in [1.29, 1.82) is 0 Å². The summed E-state index contributed by atoms with van der Waals surface area (Å²) in [5.41, 5.74) is 0. The number of carbonyl (C=O) groups excluding carboxylic acids is 2. The van der Waals surface area contributed by atoms with Crippen LogP contribution in [-0.2, 0) is 9.59 Å². The van der Waals surface area contributed by atoms with Crippen LogP contribution in [0.5, 0.6) is 0 Å². The van der Waals surface area contributed by atoms with Crippen molar-refractivity contribution in [2.75, 3.05) is 13.1 Å². The maximum absolute atomic E-state index is 12.2. The molecule has 0 aromatic carbocycles. The highest BCUT2D eigenvalue weighted by Gasteiger charge is 2.35. The second-order valence-corrected chi connectivity index (χ2v) is 6.72. The van der Waals surface area contributed by atoms with E-state index in [0.717, 1.165) is 51.6 Å². The number of amides is 2. The van der Waals surface area contributed by atoms with Crippen molar-refractivity contribution in [3.63, 3.8) is 0 Å². The summed E-state index contributed by atoms with van der Waals surface area (Å²) in [5.74, 6) is 1.18. The van der Waals surface area contributed by atoms with Crippen LogP contribution in [0.15, 0.2) is 0 Å². The minimum atomic E-state index is 0.245. The molecular weight excluding hydrogens is 252 g/mol. The Morgan fingerprint density at radius 1 is 0.800 bits per heavy atom. The zero-order valence-electron chi connectivity index (χ0n) is 12.3. The van der Waals surface area contributed by atoms with Gasteiger partial charge in [-0.1, -0.05) is 19.3 Å². The molecule has 0 atom stereocenters. The van der Waals surface area contributed by atoms with Crippen LogP contribution in [0.3, 0.4) is 0 Å². The second-order valence-electron chi connectivity index (χ2n) is 6.72. The van der Waals surface area contributed by atoms with E-state index >= 15 is 0 Å². The molecule has 4 nitrogen and oxygen atoms in total. The average molecular weight is 278 g/mol. The van der Waals surface area contributed by atoms with Crippen LogP contribution < -0.4 is 5.32 Å². The van der Waals surface area contributed by atoms with Gasteiger partial charge in [-0.05, 0) is 38.5 Å². The number of nitrogens with one attached hydrogen (secondary N) is 1. The van der Waals surface area contributed by atoms with Gasteiger partial charge in [0.15, 0.2) is 0 Å². The summed E-state index contributed by atoms with van der Waals surface area (Å²) in [4.78, 5) is 26.2. The molecule has 3 fully saturated rings. The molecule has 3 aliphatic rings. The lowest BCUT2D eigenvalue weighted by atomic mass is 9.88. The first kappa shape index (κ1) is 13.9. The summed E-state index contributed by atoms with van der Waals surface area (Å²) < 4.78 is 0. The van der Waals surface area contributed by atoms with E-state index < -0.39 is 0 Å². The molecule has 2 amide bonds. The third-order valence-electron chi connectivity index (χ3n) is 5.06. The minimum absolute atomic E-state index is 0.245. The lowest BCUT2D eigenvalue weighted by molar-refractivity contribution is -0.133. The monoisotopic (exact) mass is 278 g/mol. The van der Waals surface area contributed by atoms with Gasteiger partial charge in [-0.15, -0.1) is 0 Å². The molecule has 0 bridgehead atoms. The summed E-state index contributed by atoms with van der Waals surface area (Å²) in [7, 11) is 0. The fourth-order valence-electron chi connectivity index (χ4n) is 3.52. The number of hydrogen-bond donors (Lipinski definition) is 1. The fourth-order valence-corrected chi connectivity index (χ4v) is 3.52. The third kappa shape index (κ3) is 3.33. The van der Waals surface area contributed by atoms with Gasteiger partial charge in [-0.3, -0.25) is 9.59 Å². The number of carbonyl (C=O) groups is 2. The Labute approximate surface area is 121 Å². The van der Waals surface area contributed by atoms with Crippen molar-refractivity contribution in [2.24, 2.45) is 11.8 Å². The lowest BCUT2D eigenvalue weighted by Crippen LogP contribution is -2.48. The Balaban J connectivity index is 1.41. The standard InChI is InChI=1S/C16H26N2O2/c19-15(12-4-2-1-3-5-12)17-14-8-10-18(11-9-14)16(20)13-6-7-13/h12-14H,1-11H2,(H,17,19). The molecule has 1 N–H and O–H groups in total. The maximum Gasteiger partial charge on any atom is 0.225 e. The van der Waals surface area contributed by atoms with E-state index in [0.29, 0.717) is 11.8 Å². The number of piperidine rings is 1. The highest BCUT2D eigenvalue weighted by Crippen LogP contribution is 2.32. The zero-order valence-corrected chi connectivity index (χ0v) is 12.3. The van der Waals surface area contributed by atoms with Crippen LogP contribution in [-0.4, -0.2) is 35.8 Å². The van der Waals surface area contributed by atoms with Gasteiger partial charge in [0.05, 0.1) is 0 Å². The summed E-state index contributed by atoms with van der Waals surface area (Å²) in [6, 6.07) is 0.285. The summed E-state index contributed by atoms with van der Waals surface area (Å²) >= 11 is 0. The summed E-state index contributed by atoms with van der Waals surface area (Å²) in [5, 5.41) is 3.22. The molecule has 1 aliphatic heterocycles. The number of nitrogens with zero attached hydrogens (tertiary/aromatic N) is 1. The molecule has 3 rings (SSSR count). The van der Waals surface area contributed by atoms with Gasteiger partial charge in [0.1, 0.15) is 0 Å². The molecule has 20 heavy (non-hydrogen) atoms. The van der Waals surface area contributed by atoms with Gasteiger partial charge in [0, 0.05) is 31.0 Å². The third-order valence-corrected chi connectivity index (χ3v) is 5.06. The van der Waals surface area contributed by atoms with E-state index in [4.69, 9.17) is 0 Å². The number of likely N-dealkylation sites (tertiary alicyclic amines) is 1. The topological polar surface area (TPSA) is 49.4 Å². The van der Waals surface area contributed by atoms with Crippen LogP contribution in [0.2, 0.25) is 0 Å². The van der Waals surface area contributed by atoms with Crippen LogP contribution in [0.1, 0.15) is 57.8 Å². The number of rotatable bonds is 3. The minimum Gasteiger partial charge on any atom is -0.353 e. The van der Waals surface area contributed by atoms with Crippen molar-refractivity contribution >= 4 is 11.8 Å². The Morgan fingerprint density at radius 2 is 1.45 bits per heavy atom. The maximum atomic E-state index is 12.2. The highest BCUT2D eigenvalue weighted by atomic mass is 16.2. The van der Waals surface area contributed by atoms with E-state index in [9.17, 15) is 9.59 Å². The average Bonchev–Trinajstić information content (AvgIpc) is 3.33. The first-order valence-electron chi connectivity index (χ1n) is 8.33. The first-order chi connectivity index (χ1) is 9.74. The summed E-state index contributed by atoms with van der Waals surface area (Å²) in [6.07, 6.45) is 9.82. The predicted octanol–water partition coefficient (Wildman–Crippen LogP) is 2.08. The van der Waals surface area contributed by atoms with Crippen molar-refractivity contribution in [1.82, 2.24) is 10.2 Å². The molecular formula is C16H26N2O2. The number of hydrogen-bond acceptors (Lipinski definition) is 2. The molecule has 0 aromatic rings. The van der Waals surface area contributed by atoms with E-state index in [2.05, 4.69) is 5.32 Å². The summed E-state index contributed by atoms with van der Waals surface area (Å²) in [6.45, 7) is 1.65. The van der Waals surface area contributed by atoms with Gasteiger partial charge in [0.25, 0.3) is 0 Å². The Kier molecular flexibility index (Phi) is 4.27. The Hall–Kier alpha value is -1.06. The van der Waals surface area contributed by atoms with Gasteiger partial charge >= 0.3 is 0 Å². The van der Waals surface area contributed by atoms with Crippen LogP contribution in [0, 0.1) is 11.8 Å². The quantitative estimate of drug-likeness (QED) is 0.859. The first-order valence-corrected chi connectivity index (χ1v) is 8.33. The predicted molar refractivity (Wildman–Crippen MR) is 77.0 cm³/mol. The molecule has 1 saturated heterocycles. The van der Waals surface area contributed by atoms with Gasteiger partial charge in [-0.2, -0.15) is 0 Å². The smallest absolute Gasteiger partial charge is 0.225 e. The molecule has 4 heteroatoms. The zero-order chi connectivity index (χ0) is 13.9. The van der Waals surface area contributed by atoms with E-state index in [-0.39, 0.29) is 17.9 Å². The molecule has 0 aromatic heterocycles. The van der Waals surface area contributed by atoms with Crippen LogP contribution in [0.25, 0.3) is 0 Å². The largest absolute Gasteiger partial charge is 0.353 e. The fraction of sp³-hybridized carbons (Fsp3) is 0.875. The SMILES string of the molecule is O=C(NC1CCN(C(=O)C2CC2)CC1)C1CCCCC1. The lowest BCUT2D eigenvalue weighted by Gasteiger charge is -2.33. The van der Waals surface area contributed by atoms with Gasteiger partial charge in [-0.25, -0.2) is 0 Å². The molecule has 1 heterocycles. The van der Waals surface area contributed by atoms with Gasteiger partial charge in [0.2, 0.25) is 11.8 Å². The van der Waals surface area contributed by atoms with E-state index in [1.807, 2.05) is 4.90 Å². The molecule has 2 saturated carbocycles. The molecule has 0 spiro atoms. The van der Waals surface area contributed by atoms with Crippen molar-refractivity contribution in [2.45, 2.75) is 63.8 Å². The normalized spacial score (nSPS) is 25.5. The van der Waals surface area contributed by atoms with E-state index in [1.54, 1.807) is 0 Å². The second kappa shape index (κ2) is 6.15. The Bertz CT molecular complexity index is 365. The Morgan fingerprint density at radius 3 is 2.05 bits per heavy atom.